The first-order valence-electron chi connectivity index (χ1n) is 7.14. The van der Waals surface area contributed by atoms with Crippen molar-refractivity contribution in [3.63, 3.8) is 0 Å². The summed E-state index contributed by atoms with van der Waals surface area (Å²) in [5.74, 6) is 0.492. The highest BCUT2D eigenvalue weighted by Crippen LogP contribution is 2.33. The Hall–Kier alpha value is -2.83. The lowest BCUT2D eigenvalue weighted by Crippen LogP contribution is -2.31. The van der Waals surface area contributed by atoms with Crippen LogP contribution < -0.4 is 4.90 Å². The fourth-order valence-corrected chi connectivity index (χ4v) is 3.25. The first-order chi connectivity index (χ1) is 10.6. The molecule has 0 bridgehead atoms. The van der Waals surface area contributed by atoms with Crippen LogP contribution in [0.4, 0.5) is 11.6 Å². The Bertz CT molecular complexity index is 879. The lowest BCUT2D eigenvalue weighted by molar-refractivity contribution is -0.388. The largest absolute Gasteiger partial charge is 0.406 e. The second-order valence-corrected chi connectivity index (χ2v) is 5.56. The molecule has 7 heteroatoms. The van der Waals surface area contributed by atoms with E-state index in [0.29, 0.717) is 12.4 Å². The second-order valence-electron chi connectivity index (χ2n) is 5.56. The fraction of sp³-hybridized carbons (Fsp3) is 0.267. The van der Waals surface area contributed by atoms with Crippen LogP contribution in [-0.2, 0) is 20.0 Å². The van der Waals surface area contributed by atoms with Crippen molar-refractivity contribution in [1.82, 2.24) is 14.5 Å². The number of nitrogens with one attached hydrogen (secondary N) is 1. The molecule has 0 aliphatic carbocycles. The van der Waals surface area contributed by atoms with Crippen molar-refractivity contribution in [3.05, 3.63) is 52.0 Å². The van der Waals surface area contributed by atoms with Gasteiger partial charge >= 0.3 is 5.82 Å². The monoisotopic (exact) mass is 297 g/mol. The van der Waals surface area contributed by atoms with E-state index in [-0.39, 0.29) is 5.82 Å². The zero-order chi connectivity index (χ0) is 15.3. The second kappa shape index (κ2) is 4.59. The molecule has 0 unspecified atom stereocenters. The normalized spacial score (nSPS) is 14.3. The Morgan fingerprint density at radius 3 is 3.00 bits per heavy atom. The van der Waals surface area contributed by atoms with Crippen molar-refractivity contribution in [3.8, 4) is 0 Å². The van der Waals surface area contributed by atoms with E-state index in [4.69, 9.17) is 0 Å². The number of aromatic nitrogens is 3. The Balaban J connectivity index is 1.79. The Kier molecular flexibility index (Phi) is 2.69. The summed E-state index contributed by atoms with van der Waals surface area (Å²) in [6.07, 6.45) is 2.34. The topological polar surface area (TPSA) is 80.0 Å². The van der Waals surface area contributed by atoms with Gasteiger partial charge in [-0.25, -0.2) is 0 Å². The number of nitrogens with zero attached hydrogens (tertiary/aromatic N) is 4. The molecule has 1 aromatic carbocycles. The molecule has 22 heavy (non-hydrogen) atoms. The molecular formula is C15H15N5O2. The quantitative estimate of drug-likeness (QED) is 0.581. The number of fused-ring (bicyclic) bond motifs is 3. The first kappa shape index (κ1) is 12.9. The first-order valence-corrected chi connectivity index (χ1v) is 7.14. The summed E-state index contributed by atoms with van der Waals surface area (Å²) in [5, 5.41) is 12.4. The molecule has 4 rings (SSSR count). The third kappa shape index (κ3) is 1.78. The minimum atomic E-state index is -0.417. The Morgan fingerprint density at radius 1 is 1.36 bits per heavy atom. The van der Waals surface area contributed by atoms with Gasteiger partial charge in [0, 0.05) is 48.7 Å². The summed E-state index contributed by atoms with van der Waals surface area (Å²) in [6.45, 7) is 1.39. The van der Waals surface area contributed by atoms with Gasteiger partial charge in [0.1, 0.15) is 0 Å². The fourth-order valence-electron chi connectivity index (χ4n) is 3.25. The molecule has 0 amide bonds. The average Bonchev–Trinajstić information content (AvgIpc) is 3.07. The molecule has 7 nitrogen and oxygen atoms in total. The number of benzene rings is 1. The number of hydrogen-bond acceptors (Lipinski definition) is 4. The molecule has 3 heterocycles. The van der Waals surface area contributed by atoms with Crippen LogP contribution in [0.2, 0.25) is 0 Å². The highest BCUT2D eigenvalue weighted by Gasteiger charge is 2.29. The van der Waals surface area contributed by atoms with E-state index in [1.165, 1.54) is 23.0 Å². The summed E-state index contributed by atoms with van der Waals surface area (Å²) in [6, 6.07) is 8.17. The molecule has 1 aliphatic rings. The van der Waals surface area contributed by atoms with E-state index >= 15 is 0 Å². The number of H-pyrrole nitrogens is 1. The number of aryl methyl sites for hydroxylation is 1. The van der Waals surface area contributed by atoms with Crippen molar-refractivity contribution >= 4 is 22.5 Å². The molecule has 0 radical (unpaired) electrons. The zero-order valence-electron chi connectivity index (χ0n) is 12.1. The van der Waals surface area contributed by atoms with Crippen LogP contribution in [0.1, 0.15) is 11.3 Å². The maximum absolute atomic E-state index is 11.2. The maximum atomic E-state index is 11.2. The van der Waals surface area contributed by atoms with E-state index in [9.17, 15) is 10.1 Å². The highest BCUT2D eigenvalue weighted by molar-refractivity contribution is 5.85. The zero-order valence-corrected chi connectivity index (χ0v) is 12.1. The number of aromatic amines is 1. The van der Waals surface area contributed by atoms with Crippen LogP contribution in [-0.4, -0.2) is 26.0 Å². The molecule has 0 atom stereocenters. The highest BCUT2D eigenvalue weighted by atomic mass is 16.6. The summed E-state index contributed by atoms with van der Waals surface area (Å²) in [4.78, 5) is 20.2. The van der Waals surface area contributed by atoms with Gasteiger partial charge < -0.3 is 20.0 Å². The van der Waals surface area contributed by atoms with E-state index in [0.717, 1.165) is 18.5 Å². The molecule has 1 N–H and O–H groups in total. The Labute approximate surface area is 126 Å². The molecule has 0 saturated carbocycles. The number of hydrogen-bond donors (Lipinski definition) is 1. The lowest BCUT2D eigenvalue weighted by Gasteiger charge is -2.28. The van der Waals surface area contributed by atoms with Gasteiger partial charge in [-0.3, -0.25) is 4.57 Å². The van der Waals surface area contributed by atoms with Crippen molar-refractivity contribution < 1.29 is 4.92 Å². The molecule has 0 saturated heterocycles. The number of anilines is 1. The van der Waals surface area contributed by atoms with E-state index in [2.05, 4.69) is 22.1 Å². The van der Waals surface area contributed by atoms with Crippen LogP contribution >= 0.6 is 0 Å². The van der Waals surface area contributed by atoms with E-state index in [1.54, 1.807) is 11.6 Å². The maximum Gasteiger partial charge on any atom is 0.406 e. The molecule has 0 spiro atoms. The van der Waals surface area contributed by atoms with Gasteiger partial charge in [-0.05, 0) is 16.0 Å². The SMILES string of the molecule is Cn1cnc([N+](=O)[O-])c1N1CCc2[nH]c3ccccc3c2C1. The van der Waals surface area contributed by atoms with Gasteiger partial charge in [-0.15, -0.1) is 0 Å². The van der Waals surface area contributed by atoms with Crippen LogP contribution in [0, 0.1) is 10.1 Å². The standard InChI is InChI=1S/C15H15N5O2/c1-18-9-16-14(20(21)22)15(18)19-7-6-13-11(8-19)10-4-2-3-5-12(10)17-13/h2-5,9,17H,6-8H2,1H3. The smallest absolute Gasteiger partial charge is 0.358 e. The lowest BCUT2D eigenvalue weighted by atomic mass is 10.0. The van der Waals surface area contributed by atoms with Gasteiger partial charge in [0.25, 0.3) is 0 Å². The van der Waals surface area contributed by atoms with Gasteiger partial charge in [0.05, 0.1) is 0 Å². The van der Waals surface area contributed by atoms with Crippen molar-refractivity contribution in [2.45, 2.75) is 13.0 Å². The van der Waals surface area contributed by atoms with Crippen molar-refractivity contribution in [2.75, 3.05) is 11.4 Å². The average molecular weight is 297 g/mol. The van der Waals surface area contributed by atoms with Gasteiger partial charge in [0.15, 0.2) is 0 Å². The molecule has 0 fully saturated rings. The van der Waals surface area contributed by atoms with Gasteiger partial charge in [0.2, 0.25) is 12.1 Å². The molecule has 1 aliphatic heterocycles. The molecule has 3 aromatic rings. The Morgan fingerprint density at radius 2 is 2.18 bits per heavy atom. The summed E-state index contributed by atoms with van der Waals surface area (Å²) in [7, 11) is 1.79. The van der Waals surface area contributed by atoms with Crippen LogP contribution in [0.5, 0.6) is 0 Å². The third-order valence-electron chi connectivity index (χ3n) is 4.24. The van der Waals surface area contributed by atoms with Crippen LogP contribution in [0.15, 0.2) is 30.6 Å². The van der Waals surface area contributed by atoms with E-state index < -0.39 is 4.92 Å². The van der Waals surface area contributed by atoms with E-state index in [1.807, 2.05) is 17.0 Å². The number of imidazole rings is 1. The van der Waals surface area contributed by atoms with Crippen LogP contribution in [0.25, 0.3) is 10.9 Å². The molecule has 2 aromatic heterocycles. The molecule has 112 valence electrons. The number of rotatable bonds is 2. The third-order valence-corrected chi connectivity index (χ3v) is 4.24. The number of nitro groups is 1. The van der Waals surface area contributed by atoms with Crippen molar-refractivity contribution in [2.24, 2.45) is 7.05 Å². The van der Waals surface area contributed by atoms with Crippen LogP contribution in [0.3, 0.4) is 0 Å². The number of para-hydroxylation sites is 1. The summed E-state index contributed by atoms with van der Waals surface area (Å²) in [5.41, 5.74) is 3.56. The molecular weight excluding hydrogens is 282 g/mol. The summed E-state index contributed by atoms with van der Waals surface area (Å²) >= 11 is 0. The predicted octanol–water partition coefficient (Wildman–Crippen LogP) is 2.37. The summed E-state index contributed by atoms with van der Waals surface area (Å²) < 4.78 is 1.72. The van der Waals surface area contributed by atoms with Gasteiger partial charge in [-0.1, -0.05) is 18.2 Å². The van der Waals surface area contributed by atoms with Gasteiger partial charge in [-0.2, -0.15) is 0 Å². The minimum absolute atomic E-state index is 0.0780. The predicted molar refractivity (Wildman–Crippen MR) is 82.9 cm³/mol. The minimum Gasteiger partial charge on any atom is -0.358 e. The van der Waals surface area contributed by atoms with Crippen molar-refractivity contribution in [1.29, 1.82) is 0 Å².